The molecular weight excluding hydrogens is 252 g/mol. The first-order valence-corrected chi connectivity index (χ1v) is 7.59. The Kier molecular flexibility index (Phi) is 4.95. The van der Waals surface area contributed by atoms with Crippen LogP contribution in [0.5, 0.6) is 0 Å². The van der Waals surface area contributed by atoms with Gasteiger partial charge in [0.1, 0.15) is 16.4 Å². The molecule has 0 radical (unpaired) electrons. The van der Waals surface area contributed by atoms with Crippen LogP contribution in [-0.4, -0.2) is 21.0 Å². The van der Waals surface area contributed by atoms with Crippen molar-refractivity contribution in [2.24, 2.45) is 0 Å². The highest BCUT2D eigenvalue weighted by Gasteiger charge is 2.25. The van der Waals surface area contributed by atoms with Crippen LogP contribution < -0.4 is 10.0 Å². The summed E-state index contributed by atoms with van der Waals surface area (Å²) >= 11 is 0. The number of aryl methyl sites for hydroxylation is 2. The third-order valence-electron chi connectivity index (χ3n) is 2.62. The smallest absolute Gasteiger partial charge is 0.244 e. The summed E-state index contributed by atoms with van der Waals surface area (Å²) < 4.78 is 32.2. The molecule has 1 aromatic heterocycles. The van der Waals surface area contributed by atoms with Gasteiger partial charge in [0.15, 0.2) is 0 Å². The minimum Gasteiger partial charge on any atom is -0.465 e. The molecule has 1 aromatic rings. The number of sulfonamides is 1. The molecule has 0 atom stereocenters. The van der Waals surface area contributed by atoms with Crippen molar-refractivity contribution >= 4 is 10.0 Å². The summed E-state index contributed by atoms with van der Waals surface area (Å²) in [5.41, 5.74) is 0.710. The second-order valence-corrected chi connectivity index (χ2v) is 6.26. The van der Waals surface area contributed by atoms with Gasteiger partial charge >= 0.3 is 0 Å². The third kappa shape index (κ3) is 3.34. The lowest BCUT2D eigenvalue weighted by atomic mass is 10.2. The van der Waals surface area contributed by atoms with E-state index in [1.807, 2.05) is 13.8 Å². The van der Waals surface area contributed by atoms with E-state index in [1.165, 1.54) is 0 Å². The lowest BCUT2D eigenvalue weighted by molar-refractivity contribution is 0.491. The molecule has 0 aromatic carbocycles. The number of hydrogen-bond acceptors (Lipinski definition) is 4. The van der Waals surface area contributed by atoms with Crippen LogP contribution in [0, 0.1) is 13.8 Å². The highest BCUT2D eigenvalue weighted by atomic mass is 32.2. The molecule has 2 N–H and O–H groups in total. The van der Waals surface area contributed by atoms with E-state index in [0.717, 1.165) is 0 Å². The molecule has 0 bridgehead atoms. The van der Waals surface area contributed by atoms with Crippen molar-refractivity contribution in [2.75, 3.05) is 6.54 Å². The summed E-state index contributed by atoms with van der Waals surface area (Å²) in [4.78, 5) is 0.273. The van der Waals surface area contributed by atoms with E-state index in [9.17, 15) is 8.42 Å². The van der Waals surface area contributed by atoms with Crippen molar-refractivity contribution in [2.45, 2.75) is 52.1 Å². The average molecular weight is 274 g/mol. The maximum absolute atomic E-state index is 12.1. The van der Waals surface area contributed by atoms with Gasteiger partial charge in [-0.2, -0.15) is 0 Å². The highest BCUT2D eigenvalue weighted by Crippen LogP contribution is 2.26. The number of nitrogens with one attached hydrogen (secondary N) is 2. The van der Waals surface area contributed by atoms with Gasteiger partial charge in [-0.25, -0.2) is 13.1 Å². The molecule has 5 nitrogen and oxygen atoms in total. The van der Waals surface area contributed by atoms with E-state index in [1.54, 1.807) is 20.8 Å². The van der Waals surface area contributed by atoms with Crippen LogP contribution in [0.2, 0.25) is 0 Å². The second-order valence-electron chi connectivity index (χ2n) is 4.56. The molecular formula is C12H22N2O3S. The summed E-state index contributed by atoms with van der Waals surface area (Å²) in [5.74, 6) is 1.09. The lowest BCUT2D eigenvalue weighted by Crippen LogP contribution is -2.27. The van der Waals surface area contributed by atoms with Crippen LogP contribution >= 0.6 is 0 Å². The van der Waals surface area contributed by atoms with Crippen LogP contribution in [0.1, 0.15) is 37.9 Å². The van der Waals surface area contributed by atoms with Crippen LogP contribution in [0.15, 0.2) is 9.31 Å². The summed E-state index contributed by atoms with van der Waals surface area (Å²) in [5, 5.41) is 3.22. The summed E-state index contributed by atoms with van der Waals surface area (Å²) in [6, 6.07) is 0.286. The van der Waals surface area contributed by atoms with E-state index in [4.69, 9.17) is 4.42 Å². The van der Waals surface area contributed by atoms with E-state index in [2.05, 4.69) is 10.0 Å². The molecule has 0 aliphatic heterocycles. The number of rotatable bonds is 6. The Morgan fingerprint density at radius 3 is 2.33 bits per heavy atom. The third-order valence-corrected chi connectivity index (χ3v) is 4.36. The first-order chi connectivity index (χ1) is 8.29. The van der Waals surface area contributed by atoms with Crippen molar-refractivity contribution < 1.29 is 12.8 Å². The van der Waals surface area contributed by atoms with Gasteiger partial charge in [0.05, 0.1) is 0 Å². The second kappa shape index (κ2) is 5.86. The number of hydrogen-bond donors (Lipinski definition) is 2. The molecule has 0 aliphatic carbocycles. The fraction of sp³-hybridized carbons (Fsp3) is 0.667. The van der Waals surface area contributed by atoms with Gasteiger partial charge < -0.3 is 9.73 Å². The molecule has 6 heteroatoms. The standard InChI is InChI=1S/C12H22N2O3S/c1-6-14-18(15,16)12-10(5)17-9(4)11(12)7-13-8(2)3/h8,13-14H,6-7H2,1-5H3. The maximum Gasteiger partial charge on any atom is 0.244 e. The topological polar surface area (TPSA) is 71.3 Å². The minimum atomic E-state index is -3.48. The summed E-state index contributed by atoms with van der Waals surface area (Å²) in [6.45, 7) is 10.1. The molecule has 18 heavy (non-hydrogen) atoms. The Labute approximate surface area is 109 Å². The molecule has 0 fully saturated rings. The Morgan fingerprint density at radius 2 is 1.83 bits per heavy atom. The Hall–Kier alpha value is -0.850. The zero-order chi connectivity index (χ0) is 13.9. The van der Waals surface area contributed by atoms with Gasteiger partial charge in [0.2, 0.25) is 10.0 Å². The van der Waals surface area contributed by atoms with E-state index < -0.39 is 10.0 Å². The average Bonchev–Trinajstić information content (AvgIpc) is 2.50. The zero-order valence-corrected chi connectivity index (χ0v) is 12.4. The molecule has 1 rings (SSSR count). The molecule has 1 heterocycles. The SMILES string of the molecule is CCNS(=O)(=O)c1c(C)oc(C)c1CNC(C)C. The largest absolute Gasteiger partial charge is 0.465 e. The van der Waals surface area contributed by atoms with Gasteiger partial charge in [0.25, 0.3) is 0 Å². The van der Waals surface area contributed by atoms with Crippen molar-refractivity contribution in [3.63, 3.8) is 0 Å². The molecule has 0 unspecified atom stereocenters. The van der Waals surface area contributed by atoms with Crippen molar-refractivity contribution in [3.8, 4) is 0 Å². The van der Waals surface area contributed by atoms with E-state index in [-0.39, 0.29) is 10.9 Å². The quantitative estimate of drug-likeness (QED) is 0.828. The van der Waals surface area contributed by atoms with Gasteiger partial charge in [-0.15, -0.1) is 0 Å². The predicted octanol–water partition coefficient (Wildman–Crippen LogP) is 1.69. The highest BCUT2D eigenvalue weighted by molar-refractivity contribution is 7.89. The molecule has 0 saturated heterocycles. The fourth-order valence-electron chi connectivity index (χ4n) is 1.83. The van der Waals surface area contributed by atoms with Gasteiger partial charge in [-0.05, 0) is 13.8 Å². The molecule has 0 spiro atoms. The van der Waals surface area contributed by atoms with Gasteiger partial charge in [0, 0.05) is 24.7 Å². The molecule has 104 valence electrons. The van der Waals surface area contributed by atoms with Gasteiger partial charge in [-0.3, -0.25) is 0 Å². The molecule has 0 saturated carbocycles. The fourth-order valence-corrected chi connectivity index (χ4v) is 3.32. The lowest BCUT2D eigenvalue weighted by Gasteiger charge is -2.10. The van der Waals surface area contributed by atoms with E-state index in [0.29, 0.717) is 30.2 Å². The van der Waals surface area contributed by atoms with Crippen LogP contribution in [-0.2, 0) is 16.6 Å². The van der Waals surface area contributed by atoms with Crippen molar-refractivity contribution in [1.29, 1.82) is 0 Å². The normalized spacial score (nSPS) is 12.3. The first-order valence-electron chi connectivity index (χ1n) is 6.11. The summed E-state index contributed by atoms with van der Waals surface area (Å²) in [6.07, 6.45) is 0. The Balaban J connectivity index is 3.18. The molecule has 0 aliphatic rings. The Bertz CT molecular complexity index is 504. The summed E-state index contributed by atoms with van der Waals surface area (Å²) in [7, 11) is -3.48. The Morgan fingerprint density at radius 1 is 1.22 bits per heavy atom. The first kappa shape index (κ1) is 15.2. The van der Waals surface area contributed by atoms with Crippen LogP contribution in [0.25, 0.3) is 0 Å². The minimum absolute atomic E-state index is 0.273. The number of furan rings is 1. The van der Waals surface area contributed by atoms with Gasteiger partial charge in [-0.1, -0.05) is 20.8 Å². The predicted molar refractivity (Wildman–Crippen MR) is 71.0 cm³/mol. The maximum atomic E-state index is 12.1. The van der Waals surface area contributed by atoms with Crippen LogP contribution in [0.3, 0.4) is 0 Å². The van der Waals surface area contributed by atoms with Crippen molar-refractivity contribution in [1.82, 2.24) is 10.0 Å². The molecule has 0 amide bonds. The van der Waals surface area contributed by atoms with Crippen LogP contribution in [0.4, 0.5) is 0 Å². The van der Waals surface area contributed by atoms with Crippen molar-refractivity contribution in [3.05, 3.63) is 17.1 Å². The van der Waals surface area contributed by atoms with E-state index >= 15 is 0 Å². The zero-order valence-electron chi connectivity index (χ0n) is 11.6. The monoisotopic (exact) mass is 274 g/mol.